The molecule has 0 unspecified atom stereocenters. The Balaban J connectivity index is 1.50. The summed E-state index contributed by atoms with van der Waals surface area (Å²) in [5.41, 5.74) is 1.87. The molecule has 0 spiro atoms. The molecule has 0 atom stereocenters. The smallest absolute Gasteiger partial charge is 0.279 e. The van der Waals surface area contributed by atoms with Gasteiger partial charge in [0, 0.05) is 36.5 Å². The number of nitrogens with one attached hydrogen (secondary N) is 2. The number of hydrogen-bond donors (Lipinski definition) is 2. The van der Waals surface area contributed by atoms with Gasteiger partial charge < -0.3 is 15.0 Å². The number of benzene rings is 2. The Hall–Kier alpha value is -3.26. The highest BCUT2D eigenvalue weighted by molar-refractivity contribution is 5.98. The van der Waals surface area contributed by atoms with Gasteiger partial charge >= 0.3 is 0 Å². The molecule has 2 aromatic carbocycles. The van der Waals surface area contributed by atoms with E-state index in [0.29, 0.717) is 17.9 Å². The molecule has 0 radical (unpaired) electrons. The van der Waals surface area contributed by atoms with Crippen LogP contribution in [0.15, 0.2) is 42.5 Å². The van der Waals surface area contributed by atoms with Crippen molar-refractivity contribution >= 4 is 23.1 Å². The van der Waals surface area contributed by atoms with E-state index in [1.165, 1.54) is 12.1 Å². The summed E-state index contributed by atoms with van der Waals surface area (Å²) in [5.74, 6) is 0.667. The van der Waals surface area contributed by atoms with Crippen LogP contribution in [0.25, 0.3) is 0 Å². The molecule has 2 N–H and O–H groups in total. The Morgan fingerprint density at radius 1 is 1.16 bits per heavy atom. The Bertz CT molecular complexity index is 950. The highest BCUT2D eigenvalue weighted by Crippen LogP contribution is 2.22. The van der Waals surface area contributed by atoms with Gasteiger partial charge in [0.15, 0.2) is 12.3 Å². The summed E-state index contributed by atoms with van der Waals surface area (Å²) in [6, 6.07) is 11.7. The number of carbonyl (C=O) groups is 2. The highest BCUT2D eigenvalue weighted by atomic mass is 16.6. The van der Waals surface area contributed by atoms with E-state index in [0.717, 1.165) is 42.1 Å². The van der Waals surface area contributed by atoms with Crippen LogP contribution in [0.4, 0.5) is 11.4 Å². The standard InChI is InChI=1S/C23H27N3O5/c1-3-31-20-8-5-17(6-9-20)23(28)18-10-12-25(13-11-18)15-22(27)24-21-14-19(26(29)30)7-4-16(21)2/h4-9,14,18H,3,10-13,15H2,1-2H3,(H,24,27)/p+1. The van der Waals surface area contributed by atoms with Crippen LogP contribution in [0, 0.1) is 23.0 Å². The Morgan fingerprint density at radius 2 is 1.84 bits per heavy atom. The van der Waals surface area contributed by atoms with Crippen LogP contribution in [0.2, 0.25) is 0 Å². The number of non-ortho nitro benzene ring substituents is 1. The second-order valence-corrected chi connectivity index (χ2v) is 7.83. The molecule has 0 saturated carbocycles. The van der Waals surface area contributed by atoms with Gasteiger partial charge in [-0.2, -0.15) is 0 Å². The number of Topliss-reactive ketones (excluding diaryl/α,β-unsaturated/α-hetero) is 1. The fraction of sp³-hybridized carbons (Fsp3) is 0.391. The van der Waals surface area contributed by atoms with Crippen molar-refractivity contribution in [3.05, 3.63) is 63.7 Å². The first-order valence-corrected chi connectivity index (χ1v) is 10.5. The van der Waals surface area contributed by atoms with Gasteiger partial charge in [-0.3, -0.25) is 19.7 Å². The first-order valence-electron chi connectivity index (χ1n) is 10.5. The number of likely N-dealkylation sites (tertiary alicyclic amines) is 1. The molecule has 1 aliphatic rings. The average molecular weight is 426 g/mol. The molecule has 8 nitrogen and oxygen atoms in total. The van der Waals surface area contributed by atoms with Crippen molar-refractivity contribution in [2.45, 2.75) is 26.7 Å². The normalized spacial score (nSPS) is 18.3. The van der Waals surface area contributed by atoms with Gasteiger partial charge in [-0.25, -0.2) is 0 Å². The molecule has 1 aliphatic heterocycles. The number of quaternary nitrogens is 1. The molecular weight excluding hydrogens is 398 g/mol. The summed E-state index contributed by atoms with van der Waals surface area (Å²) in [6.45, 7) is 6.03. The van der Waals surface area contributed by atoms with Crippen LogP contribution in [-0.2, 0) is 4.79 Å². The number of aryl methyl sites for hydroxylation is 1. The largest absolute Gasteiger partial charge is 0.494 e. The number of nitro groups is 1. The van der Waals surface area contributed by atoms with Crippen molar-refractivity contribution in [3.63, 3.8) is 0 Å². The number of rotatable bonds is 8. The lowest BCUT2D eigenvalue weighted by Crippen LogP contribution is -3.14. The quantitative estimate of drug-likeness (QED) is 0.383. The van der Waals surface area contributed by atoms with Crippen molar-refractivity contribution in [2.24, 2.45) is 5.92 Å². The van der Waals surface area contributed by atoms with E-state index < -0.39 is 4.92 Å². The summed E-state index contributed by atoms with van der Waals surface area (Å²) < 4.78 is 5.42. The van der Waals surface area contributed by atoms with Crippen LogP contribution in [0.5, 0.6) is 5.75 Å². The minimum Gasteiger partial charge on any atom is -0.494 e. The van der Waals surface area contributed by atoms with E-state index >= 15 is 0 Å². The number of amides is 1. The lowest BCUT2D eigenvalue weighted by atomic mass is 9.89. The second-order valence-electron chi connectivity index (χ2n) is 7.83. The molecule has 1 saturated heterocycles. The monoisotopic (exact) mass is 426 g/mol. The number of ether oxygens (including phenoxy) is 1. The maximum absolute atomic E-state index is 12.8. The predicted octanol–water partition coefficient (Wildman–Crippen LogP) is 2.42. The van der Waals surface area contributed by atoms with Crippen molar-refractivity contribution in [1.29, 1.82) is 0 Å². The topological polar surface area (TPSA) is 103 Å². The number of ketones is 1. The molecule has 1 fully saturated rings. The molecule has 0 aromatic heterocycles. The summed E-state index contributed by atoms with van der Waals surface area (Å²) in [4.78, 5) is 36.8. The summed E-state index contributed by atoms with van der Waals surface area (Å²) in [6.07, 6.45) is 1.45. The SMILES string of the molecule is CCOc1ccc(C(=O)C2CC[NH+](CC(=O)Nc3cc([N+](=O)[O-])ccc3C)CC2)cc1. The first kappa shape index (κ1) is 22.4. The lowest BCUT2D eigenvalue weighted by molar-refractivity contribution is -0.897. The van der Waals surface area contributed by atoms with E-state index in [-0.39, 0.29) is 29.8 Å². The number of anilines is 1. The molecular formula is C23H28N3O5+. The average Bonchev–Trinajstić information content (AvgIpc) is 2.76. The summed E-state index contributed by atoms with van der Waals surface area (Å²) in [5, 5.41) is 13.7. The van der Waals surface area contributed by atoms with Crippen LogP contribution in [0.3, 0.4) is 0 Å². The van der Waals surface area contributed by atoms with E-state index in [1.807, 2.05) is 19.1 Å². The summed E-state index contributed by atoms with van der Waals surface area (Å²) in [7, 11) is 0. The minimum absolute atomic E-state index is 0.0382. The van der Waals surface area contributed by atoms with Crippen LogP contribution < -0.4 is 15.0 Å². The third kappa shape index (κ3) is 5.88. The number of nitro benzene ring substituents is 1. The van der Waals surface area contributed by atoms with Crippen molar-refractivity contribution in [2.75, 3.05) is 31.6 Å². The fourth-order valence-corrected chi connectivity index (χ4v) is 3.86. The number of hydrogen-bond acceptors (Lipinski definition) is 5. The van der Waals surface area contributed by atoms with E-state index in [1.54, 1.807) is 25.1 Å². The van der Waals surface area contributed by atoms with Gasteiger partial charge in [0.1, 0.15) is 5.75 Å². The molecule has 3 rings (SSSR count). The number of piperidine rings is 1. The zero-order chi connectivity index (χ0) is 22.4. The van der Waals surface area contributed by atoms with Crippen molar-refractivity contribution in [1.82, 2.24) is 0 Å². The molecule has 0 aliphatic carbocycles. The maximum atomic E-state index is 12.8. The molecule has 31 heavy (non-hydrogen) atoms. The van der Waals surface area contributed by atoms with E-state index in [4.69, 9.17) is 4.74 Å². The van der Waals surface area contributed by atoms with Gasteiger partial charge in [-0.05, 0) is 43.7 Å². The zero-order valence-corrected chi connectivity index (χ0v) is 17.8. The van der Waals surface area contributed by atoms with Gasteiger partial charge in [-0.1, -0.05) is 6.07 Å². The first-order chi connectivity index (χ1) is 14.9. The molecule has 1 amide bonds. The third-order valence-electron chi connectivity index (χ3n) is 5.63. The van der Waals surface area contributed by atoms with Crippen molar-refractivity contribution in [3.8, 4) is 5.75 Å². The third-order valence-corrected chi connectivity index (χ3v) is 5.63. The van der Waals surface area contributed by atoms with Gasteiger partial charge in [0.05, 0.1) is 30.3 Å². The fourth-order valence-electron chi connectivity index (χ4n) is 3.86. The summed E-state index contributed by atoms with van der Waals surface area (Å²) >= 11 is 0. The van der Waals surface area contributed by atoms with Crippen LogP contribution in [0.1, 0.15) is 35.7 Å². The highest BCUT2D eigenvalue weighted by Gasteiger charge is 2.29. The lowest BCUT2D eigenvalue weighted by Gasteiger charge is -2.28. The Labute approximate surface area is 181 Å². The molecule has 1 heterocycles. The molecule has 8 heteroatoms. The van der Waals surface area contributed by atoms with Gasteiger partial charge in [0.2, 0.25) is 0 Å². The minimum atomic E-state index is -0.480. The van der Waals surface area contributed by atoms with Crippen LogP contribution >= 0.6 is 0 Å². The number of carbonyl (C=O) groups excluding carboxylic acids is 2. The molecule has 2 aromatic rings. The zero-order valence-electron chi connectivity index (χ0n) is 17.8. The number of nitrogens with zero attached hydrogens (tertiary/aromatic N) is 1. The Kier molecular flexibility index (Phi) is 7.36. The van der Waals surface area contributed by atoms with Gasteiger partial charge in [-0.15, -0.1) is 0 Å². The van der Waals surface area contributed by atoms with E-state index in [9.17, 15) is 19.7 Å². The second kappa shape index (κ2) is 10.2. The molecule has 0 bridgehead atoms. The van der Waals surface area contributed by atoms with E-state index in [2.05, 4.69) is 5.32 Å². The Morgan fingerprint density at radius 3 is 2.45 bits per heavy atom. The van der Waals surface area contributed by atoms with Crippen LogP contribution in [-0.4, -0.2) is 42.9 Å². The van der Waals surface area contributed by atoms with Gasteiger partial charge in [0.25, 0.3) is 11.6 Å². The maximum Gasteiger partial charge on any atom is 0.279 e. The van der Waals surface area contributed by atoms with Crippen molar-refractivity contribution < 1.29 is 24.1 Å². The molecule has 164 valence electrons. The predicted molar refractivity (Wildman–Crippen MR) is 117 cm³/mol.